The fourth-order valence-corrected chi connectivity index (χ4v) is 5.83. The van der Waals surface area contributed by atoms with Gasteiger partial charge in [-0.15, -0.1) is 35.3 Å². The van der Waals surface area contributed by atoms with Gasteiger partial charge in [-0.25, -0.2) is 4.98 Å². The molecule has 176 valence electrons. The molecule has 8 heteroatoms. The summed E-state index contributed by atoms with van der Waals surface area (Å²) in [4.78, 5) is 15.5. The molecule has 2 aliphatic rings. The van der Waals surface area contributed by atoms with Crippen LogP contribution in [0.15, 0.2) is 40.8 Å². The lowest BCUT2D eigenvalue weighted by molar-refractivity contribution is 0.296. The van der Waals surface area contributed by atoms with Crippen LogP contribution in [0.3, 0.4) is 0 Å². The summed E-state index contributed by atoms with van der Waals surface area (Å²) >= 11 is 1.90. The highest BCUT2D eigenvalue weighted by Gasteiger charge is 2.34. The van der Waals surface area contributed by atoms with E-state index in [1.807, 2.05) is 30.6 Å². The first-order valence-electron chi connectivity index (χ1n) is 11.6. The summed E-state index contributed by atoms with van der Waals surface area (Å²) in [6.45, 7) is 5.87. The average molecular weight is 569 g/mol. The molecule has 0 unspecified atom stereocenters. The van der Waals surface area contributed by atoms with Crippen molar-refractivity contribution in [3.8, 4) is 0 Å². The largest absolute Gasteiger partial charge is 0.355 e. The number of guanidine groups is 1. The Balaban J connectivity index is 0.00000289. The van der Waals surface area contributed by atoms with Crippen molar-refractivity contribution < 1.29 is 0 Å². The van der Waals surface area contributed by atoms with Crippen molar-refractivity contribution in [2.24, 2.45) is 4.99 Å². The maximum Gasteiger partial charge on any atom is 0.191 e. The van der Waals surface area contributed by atoms with Crippen molar-refractivity contribution in [2.75, 3.05) is 51.7 Å². The summed E-state index contributed by atoms with van der Waals surface area (Å²) < 4.78 is 0. The second-order valence-electron chi connectivity index (χ2n) is 8.87. The second kappa shape index (κ2) is 12.2. The van der Waals surface area contributed by atoms with Crippen molar-refractivity contribution in [1.82, 2.24) is 20.5 Å². The minimum absolute atomic E-state index is 0. The molecule has 6 nitrogen and oxygen atoms in total. The Labute approximate surface area is 213 Å². The molecule has 1 aliphatic heterocycles. The van der Waals surface area contributed by atoms with Gasteiger partial charge in [-0.1, -0.05) is 31.4 Å². The molecule has 1 saturated carbocycles. The average Bonchev–Trinajstić information content (AvgIpc) is 3.37. The van der Waals surface area contributed by atoms with E-state index in [0.717, 1.165) is 51.0 Å². The zero-order valence-electron chi connectivity index (χ0n) is 19.3. The van der Waals surface area contributed by atoms with Gasteiger partial charge in [-0.05, 0) is 37.4 Å². The third kappa shape index (κ3) is 6.14. The van der Waals surface area contributed by atoms with Crippen molar-refractivity contribution in [2.45, 2.75) is 44.1 Å². The minimum Gasteiger partial charge on any atom is -0.355 e. The van der Waals surface area contributed by atoms with Crippen LogP contribution in [0.1, 0.15) is 42.5 Å². The quantitative estimate of drug-likeness (QED) is 0.313. The van der Waals surface area contributed by atoms with Gasteiger partial charge in [-0.3, -0.25) is 4.99 Å². The first kappa shape index (κ1) is 25.2. The van der Waals surface area contributed by atoms with Gasteiger partial charge in [0, 0.05) is 68.4 Å². The first-order chi connectivity index (χ1) is 15.2. The molecule has 0 bridgehead atoms. The molecule has 0 spiro atoms. The van der Waals surface area contributed by atoms with Crippen LogP contribution in [0.5, 0.6) is 0 Å². The fourth-order valence-electron chi connectivity index (χ4n) is 4.84. The molecular weight excluding hydrogens is 531 g/mol. The number of nitrogens with zero attached hydrogens (tertiary/aromatic N) is 4. The van der Waals surface area contributed by atoms with E-state index in [4.69, 9.17) is 4.98 Å². The summed E-state index contributed by atoms with van der Waals surface area (Å²) in [7, 11) is 4.04. The first-order valence-corrected chi connectivity index (χ1v) is 12.4. The molecule has 2 fully saturated rings. The van der Waals surface area contributed by atoms with E-state index in [1.165, 1.54) is 42.5 Å². The minimum atomic E-state index is 0. The Morgan fingerprint density at radius 2 is 1.88 bits per heavy atom. The summed E-state index contributed by atoms with van der Waals surface area (Å²) in [5, 5.41) is 9.40. The number of halogens is 1. The number of thiophene rings is 1. The Kier molecular flexibility index (Phi) is 9.61. The topological polar surface area (TPSA) is 55.8 Å². The number of nitrogens with one attached hydrogen (secondary N) is 2. The molecule has 1 aliphatic carbocycles. The van der Waals surface area contributed by atoms with Gasteiger partial charge in [0.2, 0.25) is 0 Å². The lowest BCUT2D eigenvalue weighted by Crippen LogP contribution is -2.47. The van der Waals surface area contributed by atoms with Gasteiger partial charge < -0.3 is 20.4 Å². The summed E-state index contributed by atoms with van der Waals surface area (Å²) in [6, 6.07) is 8.70. The summed E-state index contributed by atoms with van der Waals surface area (Å²) in [6.07, 6.45) is 8.40. The summed E-state index contributed by atoms with van der Waals surface area (Å²) in [5.74, 6) is 1.97. The van der Waals surface area contributed by atoms with Gasteiger partial charge in [0.05, 0.1) is 0 Å². The normalized spacial score (nSPS) is 19.3. The van der Waals surface area contributed by atoms with E-state index in [2.05, 4.69) is 56.1 Å². The van der Waals surface area contributed by atoms with Crippen LogP contribution in [0.2, 0.25) is 0 Å². The number of aromatic nitrogens is 1. The lowest BCUT2D eigenvalue weighted by Gasteiger charge is -2.37. The van der Waals surface area contributed by atoms with Crippen molar-refractivity contribution >= 4 is 47.1 Å². The second-order valence-corrected chi connectivity index (χ2v) is 9.82. The van der Waals surface area contributed by atoms with Gasteiger partial charge in [-0.2, -0.15) is 0 Å². The summed E-state index contributed by atoms with van der Waals surface area (Å²) in [5.41, 5.74) is 1.46. The standard InChI is InChI=1S/C24H36N6S.HI/c1-25-23(28-19-24(10-4-3-5-11-24)21-9-7-17-31-21)27-18-20-8-6-12-26-22(20)30-15-13-29(2)14-16-30;/h6-9,12,17H,3-5,10-11,13-16,18-19H2,1-2H3,(H2,25,27,28);1H. The molecule has 32 heavy (non-hydrogen) atoms. The Hall–Kier alpha value is -1.39. The highest BCUT2D eigenvalue weighted by molar-refractivity contribution is 14.0. The third-order valence-electron chi connectivity index (χ3n) is 6.79. The van der Waals surface area contributed by atoms with Gasteiger partial charge in [0.15, 0.2) is 5.96 Å². The molecule has 1 saturated heterocycles. The smallest absolute Gasteiger partial charge is 0.191 e. The third-order valence-corrected chi connectivity index (χ3v) is 7.91. The SMILES string of the molecule is CN=C(NCc1cccnc1N1CCN(C)CC1)NCC1(c2cccs2)CCCCC1.I. The number of hydrogen-bond donors (Lipinski definition) is 2. The molecule has 2 aromatic rings. The molecule has 0 amide bonds. The van der Waals surface area contributed by atoms with Crippen LogP contribution in [0.25, 0.3) is 0 Å². The molecule has 4 rings (SSSR count). The van der Waals surface area contributed by atoms with E-state index >= 15 is 0 Å². The van der Waals surface area contributed by atoms with Gasteiger partial charge in [0.1, 0.15) is 5.82 Å². The molecule has 2 aromatic heterocycles. The highest BCUT2D eigenvalue weighted by Crippen LogP contribution is 2.41. The zero-order chi connectivity index (χ0) is 21.5. The maximum absolute atomic E-state index is 4.70. The van der Waals surface area contributed by atoms with E-state index in [9.17, 15) is 0 Å². The predicted octanol–water partition coefficient (Wildman–Crippen LogP) is 4.08. The van der Waals surface area contributed by atoms with Crippen molar-refractivity contribution in [1.29, 1.82) is 0 Å². The van der Waals surface area contributed by atoms with Gasteiger partial charge >= 0.3 is 0 Å². The van der Waals surface area contributed by atoms with E-state index < -0.39 is 0 Å². The zero-order valence-corrected chi connectivity index (χ0v) is 22.5. The number of likely N-dealkylation sites (N-methyl/N-ethyl adjacent to an activating group) is 1. The maximum atomic E-state index is 4.70. The molecule has 0 radical (unpaired) electrons. The Bertz CT molecular complexity index is 842. The Morgan fingerprint density at radius 1 is 1.09 bits per heavy atom. The number of anilines is 1. The van der Waals surface area contributed by atoms with E-state index in [0.29, 0.717) is 0 Å². The van der Waals surface area contributed by atoms with Crippen LogP contribution in [0.4, 0.5) is 5.82 Å². The van der Waals surface area contributed by atoms with Crippen LogP contribution in [0, 0.1) is 0 Å². The highest BCUT2D eigenvalue weighted by atomic mass is 127. The number of piperazine rings is 1. The number of aliphatic imine (C=N–C) groups is 1. The van der Waals surface area contributed by atoms with Crippen LogP contribution in [-0.2, 0) is 12.0 Å². The number of rotatable bonds is 6. The van der Waals surface area contributed by atoms with Crippen LogP contribution >= 0.6 is 35.3 Å². The van der Waals surface area contributed by atoms with Crippen molar-refractivity contribution in [3.63, 3.8) is 0 Å². The molecule has 3 heterocycles. The molecule has 0 aromatic carbocycles. The molecular formula is C24H37IN6S. The van der Waals surface area contributed by atoms with Crippen LogP contribution < -0.4 is 15.5 Å². The van der Waals surface area contributed by atoms with E-state index in [1.54, 1.807) is 0 Å². The van der Waals surface area contributed by atoms with Crippen molar-refractivity contribution in [3.05, 3.63) is 46.3 Å². The fraction of sp³-hybridized carbons (Fsp3) is 0.583. The molecule has 2 N–H and O–H groups in total. The monoisotopic (exact) mass is 568 g/mol. The van der Waals surface area contributed by atoms with Crippen LogP contribution in [-0.4, -0.2) is 62.7 Å². The lowest BCUT2D eigenvalue weighted by atomic mass is 9.73. The van der Waals surface area contributed by atoms with E-state index in [-0.39, 0.29) is 29.4 Å². The Morgan fingerprint density at radius 3 is 2.56 bits per heavy atom. The number of hydrogen-bond acceptors (Lipinski definition) is 5. The van der Waals surface area contributed by atoms with Gasteiger partial charge in [0.25, 0.3) is 0 Å². The number of pyridine rings is 1. The molecule has 0 atom stereocenters. The predicted molar refractivity (Wildman–Crippen MR) is 147 cm³/mol.